The molecule has 0 atom stereocenters. The predicted molar refractivity (Wildman–Crippen MR) is 34.4 cm³/mol. The zero-order chi connectivity index (χ0) is 5.98. The van der Waals surface area contributed by atoms with E-state index in [0.717, 1.165) is 4.88 Å². The number of carbonyl (C=O) groups excluding carboxylic acids is 1. The first-order valence-electron chi connectivity index (χ1n) is 2.05. The van der Waals surface area contributed by atoms with Crippen LogP contribution in [0.25, 0.3) is 0 Å². The molecule has 0 aromatic carbocycles. The second-order valence-electron chi connectivity index (χ2n) is 1.26. The Labute approximate surface area is 59.5 Å². The van der Waals surface area contributed by atoms with Crippen LogP contribution < -0.4 is 0 Å². The summed E-state index contributed by atoms with van der Waals surface area (Å²) in [6.45, 7) is 0. The standard InChI is InChI=1S/C5H3OSSe/c6-5(8)4-2-1-3-7-4/h1-3H. The number of rotatable bonds is 1. The molecule has 0 amide bonds. The molecule has 0 saturated carbocycles. The van der Waals surface area contributed by atoms with Gasteiger partial charge in [0.1, 0.15) is 0 Å². The van der Waals surface area contributed by atoms with Gasteiger partial charge < -0.3 is 0 Å². The summed E-state index contributed by atoms with van der Waals surface area (Å²) in [4.78, 5) is 11.2. The van der Waals surface area contributed by atoms with E-state index in [1.807, 2.05) is 11.4 Å². The van der Waals surface area contributed by atoms with Gasteiger partial charge in [-0.15, -0.1) is 0 Å². The van der Waals surface area contributed by atoms with Crippen molar-refractivity contribution < 1.29 is 4.79 Å². The molecule has 1 nitrogen and oxygen atoms in total. The van der Waals surface area contributed by atoms with Gasteiger partial charge in [0, 0.05) is 0 Å². The number of hydrogen-bond acceptors (Lipinski definition) is 2. The Hall–Kier alpha value is -0.111. The van der Waals surface area contributed by atoms with Crippen LogP contribution >= 0.6 is 11.3 Å². The van der Waals surface area contributed by atoms with Gasteiger partial charge in [-0.1, -0.05) is 0 Å². The first-order chi connectivity index (χ1) is 3.80. The summed E-state index contributed by atoms with van der Waals surface area (Å²) >= 11 is 3.86. The molecule has 0 bridgehead atoms. The Bertz CT molecular complexity index is 180. The van der Waals surface area contributed by atoms with Crippen LogP contribution in [-0.4, -0.2) is 20.7 Å². The number of carbonyl (C=O) groups is 1. The van der Waals surface area contributed by atoms with Gasteiger partial charge >= 0.3 is 59.2 Å². The molecular formula is C5H3OSSe. The van der Waals surface area contributed by atoms with Gasteiger partial charge in [-0.3, -0.25) is 0 Å². The van der Waals surface area contributed by atoms with Crippen LogP contribution in [0.5, 0.6) is 0 Å². The molecule has 0 saturated heterocycles. The molecule has 8 heavy (non-hydrogen) atoms. The number of thiophene rings is 1. The summed E-state index contributed by atoms with van der Waals surface area (Å²) < 4.78 is 0.0278. The molecule has 0 aliphatic heterocycles. The van der Waals surface area contributed by atoms with Crippen molar-refractivity contribution in [3.63, 3.8) is 0 Å². The van der Waals surface area contributed by atoms with Crippen LogP contribution in [0.2, 0.25) is 0 Å². The van der Waals surface area contributed by atoms with Gasteiger partial charge in [-0.05, 0) is 0 Å². The van der Waals surface area contributed by atoms with Crippen LogP contribution in [0.3, 0.4) is 0 Å². The summed E-state index contributed by atoms with van der Waals surface area (Å²) in [7, 11) is 0. The van der Waals surface area contributed by atoms with Crippen LogP contribution in [0.1, 0.15) is 9.67 Å². The third kappa shape index (κ3) is 1.19. The molecule has 0 unspecified atom stereocenters. The van der Waals surface area contributed by atoms with Gasteiger partial charge in [-0.2, -0.15) is 0 Å². The quantitative estimate of drug-likeness (QED) is 0.605. The maximum absolute atomic E-state index is 10.5. The summed E-state index contributed by atoms with van der Waals surface area (Å²) in [5, 5.41) is 1.88. The second kappa shape index (κ2) is 2.44. The van der Waals surface area contributed by atoms with Crippen molar-refractivity contribution >= 4 is 32.0 Å². The van der Waals surface area contributed by atoms with Gasteiger partial charge in [0.25, 0.3) is 0 Å². The zero-order valence-corrected chi connectivity index (χ0v) is 6.49. The van der Waals surface area contributed by atoms with E-state index in [0.29, 0.717) is 0 Å². The summed E-state index contributed by atoms with van der Waals surface area (Å²) in [5.74, 6) is 0. The number of hydrogen-bond donors (Lipinski definition) is 0. The molecule has 1 radical (unpaired) electrons. The van der Waals surface area contributed by atoms with Gasteiger partial charge in [0.15, 0.2) is 0 Å². The van der Waals surface area contributed by atoms with Crippen LogP contribution in [0, 0.1) is 0 Å². The third-order valence-electron chi connectivity index (χ3n) is 0.722. The fraction of sp³-hybridized carbons (Fsp3) is 0. The average molecular weight is 190 g/mol. The predicted octanol–water partition coefficient (Wildman–Crippen LogP) is 1.06. The molecule has 0 aliphatic carbocycles. The van der Waals surface area contributed by atoms with E-state index in [9.17, 15) is 4.79 Å². The Morgan fingerprint density at radius 2 is 2.50 bits per heavy atom. The molecule has 1 heterocycles. The Morgan fingerprint density at radius 1 is 1.75 bits per heavy atom. The third-order valence-corrected chi connectivity index (χ3v) is 2.34. The van der Waals surface area contributed by atoms with E-state index >= 15 is 0 Å². The first kappa shape index (κ1) is 6.02. The summed E-state index contributed by atoms with van der Waals surface area (Å²) in [6, 6.07) is 3.65. The van der Waals surface area contributed by atoms with E-state index in [2.05, 4.69) is 16.0 Å². The van der Waals surface area contributed by atoms with Crippen molar-refractivity contribution in [2.24, 2.45) is 0 Å². The minimum atomic E-state index is 0.0278. The molecule has 41 valence electrons. The van der Waals surface area contributed by atoms with Crippen molar-refractivity contribution in [2.45, 2.75) is 0 Å². The fourth-order valence-electron chi connectivity index (χ4n) is 0.395. The molecule has 0 spiro atoms. The second-order valence-corrected chi connectivity index (χ2v) is 2.99. The van der Waals surface area contributed by atoms with Crippen LogP contribution in [0.4, 0.5) is 0 Å². The Balaban J connectivity index is 2.93. The molecule has 1 aromatic heterocycles. The minimum absolute atomic E-state index is 0.0278. The topological polar surface area (TPSA) is 17.1 Å². The average Bonchev–Trinajstić information content (AvgIpc) is 2.12. The zero-order valence-electron chi connectivity index (χ0n) is 3.96. The van der Waals surface area contributed by atoms with Gasteiger partial charge in [-0.25, -0.2) is 0 Å². The van der Waals surface area contributed by atoms with E-state index in [1.54, 1.807) is 6.07 Å². The maximum atomic E-state index is 10.5. The Morgan fingerprint density at radius 3 is 2.75 bits per heavy atom. The molecule has 1 aromatic rings. The van der Waals surface area contributed by atoms with E-state index in [-0.39, 0.29) is 4.68 Å². The van der Waals surface area contributed by atoms with Crippen LogP contribution in [0.15, 0.2) is 17.5 Å². The van der Waals surface area contributed by atoms with Crippen molar-refractivity contribution in [1.29, 1.82) is 0 Å². The molecule has 0 aliphatic rings. The van der Waals surface area contributed by atoms with E-state index in [4.69, 9.17) is 0 Å². The molecule has 3 heteroatoms. The van der Waals surface area contributed by atoms with Crippen LogP contribution in [-0.2, 0) is 0 Å². The summed E-state index contributed by atoms with van der Waals surface area (Å²) in [6.07, 6.45) is 0. The molecular weight excluding hydrogens is 187 g/mol. The molecule has 0 fully saturated rings. The summed E-state index contributed by atoms with van der Waals surface area (Å²) in [5.41, 5.74) is 0. The SMILES string of the molecule is O=C([Se])c1cccs1. The normalized spacial score (nSPS) is 9.00. The van der Waals surface area contributed by atoms with Crippen molar-refractivity contribution in [2.75, 3.05) is 0 Å². The van der Waals surface area contributed by atoms with E-state index in [1.165, 1.54) is 11.3 Å². The Kier molecular flexibility index (Phi) is 1.84. The molecule has 0 N–H and O–H groups in total. The monoisotopic (exact) mass is 191 g/mol. The fourth-order valence-corrected chi connectivity index (χ4v) is 1.40. The van der Waals surface area contributed by atoms with Gasteiger partial charge in [0.05, 0.1) is 0 Å². The molecule has 1 rings (SSSR count). The van der Waals surface area contributed by atoms with Gasteiger partial charge in [0.2, 0.25) is 0 Å². The first-order valence-corrected chi connectivity index (χ1v) is 3.79. The van der Waals surface area contributed by atoms with Crippen molar-refractivity contribution in [3.8, 4) is 0 Å². The van der Waals surface area contributed by atoms with Crippen molar-refractivity contribution in [1.82, 2.24) is 0 Å². The van der Waals surface area contributed by atoms with E-state index < -0.39 is 0 Å². The van der Waals surface area contributed by atoms with Crippen molar-refractivity contribution in [3.05, 3.63) is 22.4 Å².